The van der Waals surface area contributed by atoms with Crippen LogP contribution in [0.1, 0.15) is 12.8 Å². The second-order valence-electron chi connectivity index (χ2n) is 6.55. The molecule has 1 aromatic carbocycles. The van der Waals surface area contributed by atoms with Crippen LogP contribution in [-0.2, 0) is 17.1 Å². The number of nitrogens with one attached hydrogen (secondary N) is 1. The van der Waals surface area contributed by atoms with Crippen LogP contribution in [0.3, 0.4) is 0 Å². The maximum Gasteiger partial charge on any atom is 0.250 e. The van der Waals surface area contributed by atoms with Crippen molar-refractivity contribution in [2.75, 3.05) is 4.72 Å². The first-order valence-electron chi connectivity index (χ1n) is 8.37. The number of sulfonamides is 1. The minimum absolute atomic E-state index is 0.138. The van der Waals surface area contributed by atoms with Gasteiger partial charge in [-0.15, -0.1) is 0 Å². The Morgan fingerprint density at radius 1 is 1.19 bits per heavy atom. The SMILES string of the molecule is Cn1cc(-n2cc(-c3ccc(NS(=O)(=O)C4CC4)cc3F)cn2)ccc1=O. The van der Waals surface area contributed by atoms with Crippen LogP contribution in [0.4, 0.5) is 10.1 Å². The Hall–Kier alpha value is -2.94. The molecule has 0 aliphatic heterocycles. The second kappa shape index (κ2) is 6.34. The Kier molecular flexibility index (Phi) is 4.11. The summed E-state index contributed by atoms with van der Waals surface area (Å²) in [5.41, 5.74) is 1.57. The number of rotatable bonds is 5. The van der Waals surface area contributed by atoms with Gasteiger partial charge in [-0.2, -0.15) is 5.10 Å². The molecular weight excluding hydrogens is 371 g/mol. The van der Waals surface area contributed by atoms with Gasteiger partial charge in [0.25, 0.3) is 0 Å². The highest BCUT2D eigenvalue weighted by atomic mass is 32.2. The van der Waals surface area contributed by atoms with Crippen LogP contribution >= 0.6 is 0 Å². The summed E-state index contributed by atoms with van der Waals surface area (Å²) in [7, 11) is -1.80. The van der Waals surface area contributed by atoms with E-state index >= 15 is 0 Å². The summed E-state index contributed by atoms with van der Waals surface area (Å²) in [5.74, 6) is -0.550. The third-order valence-corrected chi connectivity index (χ3v) is 6.29. The van der Waals surface area contributed by atoms with Crippen LogP contribution < -0.4 is 10.3 Å². The van der Waals surface area contributed by atoms with E-state index in [4.69, 9.17) is 0 Å². The van der Waals surface area contributed by atoms with Gasteiger partial charge >= 0.3 is 0 Å². The predicted octanol–water partition coefficient (Wildman–Crippen LogP) is 2.28. The molecule has 140 valence electrons. The van der Waals surface area contributed by atoms with Crippen molar-refractivity contribution >= 4 is 15.7 Å². The van der Waals surface area contributed by atoms with Gasteiger partial charge in [-0.25, -0.2) is 17.5 Å². The lowest BCUT2D eigenvalue weighted by Crippen LogP contribution is -2.17. The highest BCUT2D eigenvalue weighted by Gasteiger charge is 2.35. The highest BCUT2D eigenvalue weighted by molar-refractivity contribution is 7.93. The van der Waals surface area contributed by atoms with Gasteiger partial charge in [0.2, 0.25) is 15.6 Å². The summed E-state index contributed by atoms with van der Waals surface area (Å²) in [5, 5.41) is 3.84. The smallest absolute Gasteiger partial charge is 0.250 e. The van der Waals surface area contributed by atoms with Crippen LogP contribution in [0.5, 0.6) is 0 Å². The van der Waals surface area contributed by atoms with Crippen molar-refractivity contribution in [3.8, 4) is 16.8 Å². The zero-order valence-corrected chi connectivity index (χ0v) is 15.3. The van der Waals surface area contributed by atoms with Gasteiger partial charge in [-0.05, 0) is 37.1 Å². The number of anilines is 1. The molecule has 2 heterocycles. The summed E-state index contributed by atoms with van der Waals surface area (Å²) in [6.07, 6.45) is 6.06. The summed E-state index contributed by atoms with van der Waals surface area (Å²) in [6, 6.07) is 7.27. The lowest BCUT2D eigenvalue weighted by molar-refractivity contribution is 0.600. The first-order valence-corrected chi connectivity index (χ1v) is 9.91. The third-order valence-electron chi connectivity index (χ3n) is 4.42. The van der Waals surface area contributed by atoms with Crippen molar-refractivity contribution in [2.45, 2.75) is 18.1 Å². The average Bonchev–Trinajstić information content (AvgIpc) is 3.37. The molecule has 1 aliphatic rings. The first-order chi connectivity index (χ1) is 12.8. The van der Waals surface area contributed by atoms with Crippen molar-refractivity contribution in [1.29, 1.82) is 0 Å². The van der Waals surface area contributed by atoms with Crippen molar-refractivity contribution in [1.82, 2.24) is 14.3 Å². The standard InChI is InChI=1S/C18H17FN4O3S/c1-22-11-14(3-7-18(22)24)23-10-12(9-20-23)16-6-2-13(8-17(16)19)21-27(25,26)15-4-5-15/h2-3,6-11,15,21H,4-5H2,1H3. The van der Waals surface area contributed by atoms with Crippen molar-refractivity contribution in [3.05, 3.63) is 65.1 Å². The number of aromatic nitrogens is 3. The molecule has 0 unspecified atom stereocenters. The molecule has 1 aliphatic carbocycles. The van der Waals surface area contributed by atoms with Crippen LogP contribution in [0.25, 0.3) is 16.8 Å². The predicted molar refractivity (Wildman–Crippen MR) is 99.8 cm³/mol. The highest BCUT2D eigenvalue weighted by Crippen LogP contribution is 2.31. The van der Waals surface area contributed by atoms with E-state index in [1.807, 2.05) is 0 Å². The van der Waals surface area contributed by atoms with Crippen LogP contribution in [0.2, 0.25) is 0 Å². The number of hydrogen-bond donors (Lipinski definition) is 1. The fourth-order valence-corrected chi connectivity index (χ4v) is 4.14. The average molecular weight is 388 g/mol. The van der Waals surface area contributed by atoms with Gasteiger partial charge in [0.05, 0.1) is 22.8 Å². The number of hydrogen-bond acceptors (Lipinski definition) is 4. The molecule has 1 N–H and O–H groups in total. The van der Waals surface area contributed by atoms with Gasteiger partial charge in [-0.3, -0.25) is 9.52 Å². The Morgan fingerprint density at radius 2 is 1.96 bits per heavy atom. The number of nitrogens with zero attached hydrogens (tertiary/aromatic N) is 3. The second-order valence-corrected chi connectivity index (χ2v) is 8.51. The van der Waals surface area contributed by atoms with E-state index in [0.29, 0.717) is 29.7 Å². The van der Waals surface area contributed by atoms with Crippen LogP contribution in [0, 0.1) is 5.82 Å². The molecule has 3 aromatic rings. The maximum absolute atomic E-state index is 14.5. The summed E-state index contributed by atoms with van der Waals surface area (Å²) in [4.78, 5) is 11.5. The monoisotopic (exact) mass is 388 g/mol. The maximum atomic E-state index is 14.5. The summed E-state index contributed by atoms with van der Waals surface area (Å²) >= 11 is 0. The van der Waals surface area contributed by atoms with Gasteiger partial charge < -0.3 is 4.57 Å². The van der Waals surface area contributed by atoms with Gasteiger partial charge in [-0.1, -0.05) is 0 Å². The number of pyridine rings is 1. The van der Waals surface area contributed by atoms with E-state index < -0.39 is 15.8 Å². The van der Waals surface area contributed by atoms with Crippen LogP contribution in [-0.4, -0.2) is 28.0 Å². The Balaban J connectivity index is 1.61. The zero-order chi connectivity index (χ0) is 19.2. The zero-order valence-electron chi connectivity index (χ0n) is 14.5. The normalized spacial score (nSPS) is 14.3. The van der Waals surface area contributed by atoms with E-state index in [-0.39, 0.29) is 16.5 Å². The molecular formula is C18H17FN4O3S. The fraction of sp³-hybridized carbons (Fsp3) is 0.222. The molecule has 1 fully saturated rings. The van der Waals surface area contributed by atoms with E-state index in [0.717, 1.165) is 0 Å². The number of halogens is 1. The molecule has 1 saturated carbocycles. The van der Waals surface area contributed by atoms with E-state index in [1.165, 1.54) is 39.7 Å². The van der Waals surface area contributed by atoms with Crippen LogP contribution in [0.15, 0.2) is 53.7 Å². The Bertz CT molecular complexity index is 1180. The molecule has 0 amide bonds. The topological polar surface area (TPSA) is 86.0 Å². The molecule has 7 nitrogen and oxygen atoms in total. The molecule has 0 radical (unpaired) electrons. The minimum atomic E-state index is -3.43. The Labute approximate surface area is 155 Å². The minimum Gasteiger partial charge on any atom is -0.316 e. The van der Waals surface area contributed by atoms with E-state index in [1.54, 1.807) is 25.5 Å². The fourth-order valence-electron chi connectivity index (χ4n) is 2.76. The summed E-state index contributed by atoms with van der Waals surface area (Å²) in [6.45, 7) is 0. The molecule has 9 heteroatoms. The molecule has 0 bridgehead atoms. The molecule has 0 saturated heterocycles. The quantitative estimate of drug-likeness (QED) is 0.727. The van der Waals surface area contributed by atoms with Crippen molar-refractivity contribution in [3.63, 3.8) is 0 Å². The lowest BCUT2D eigenvalue weighted by Gasteiger charge is -2.08. The van der Waals surface area contributed by atoms with Gasteiger partial charge in [0, 0.05) is 36.6 Å². The van der Waals surface area contributed by atoms with Crippen molar-refractivity contribution < 1.29 is 12.8 Å². The number of aryl methyl sites for hydroxylation is 1. The first kappa shape index (κ1) is 17.5. The number of benzene rings is 1. The van der Waals surface area contributed by atoms with E-state index in [2.05, 4.69) is 9.82 Å². The molecule has 27 heavy (non-hydrogen) atoms. The largest absolute Gasteiger partial charge is 0.316 e. The summed E-state index contributed by atoms with van der Waals surface area (Å²) < 4.78 is 43.9. The Morgan fingerprint density at radius 3 is 2.63 bits per heavy atom. The van der Waals surface area contributed by atoms with Gasteiger partial charge in [0.15, 0.2) is 0 Å². The van der Waals surface area contributed by atoms with Gasteiger partial charge in [0.1, 0.15) is 5.82 Å². The van der Waals surface area contributed by atoms with E-state index in [9.17, 15) is 17.6 Å². The third kappa shape index (κ3) is 3.50. The molecule has 0 spiro atoms. The van der Waals surface area contributed by atoms with Crippen molar-refractivity contribution in [2.24, 2.45) is 7.05 Å². The molecule has 2 aromatic heterocycles. The lowest BCUT2D eigenvalue weighted by atomic mass is 10.1. The molecule has 0 atom stereocenters. The molecule has 4 rings (SSSR count).